The molecule has 0 saturated heterocycles. The first-order valence-electron chi connectivity index (χ1n) is 8.98. The fourth-order valence-electron chi connectivity index (χ4n) is 2.99. The molecule has 0 unspecified atom stereocenters. The van der Waals surface area contributed by atoms with Crippen molar-refractivity contribution in [1.29, 1.82) is 0 Å². The maximum absolute atomic E-state index is 2.98. The third-order valence-corrected chi connectivity index (χ3v) is 42.2. The minimum atomic E-state index is -2.35. The van der Waals surface area contributed by atoms with E-state index >= 15 is 0 Å². The van der Waals surface area contributed by atoms with Crippen LogP contribution < -0.4 is 51.9 Å². The summed E-state index contributed by atoms with van der Waals surface area (Å²) in [4.78, 5) is 0. The summed E-state index contributed by atoms with van der Waals surface area (Å²) in [6.07, 6.45) is 0. The zero-order valence-electron chi connectivity index (χ0n) is 15.1. The molecule has 4 aromatic carbocycles. The molecule has 0 spiro atoms. The molecular weight excluding hydrogens is 700 g/mol. The summed E-state index contributed by atoms with van der Waals surface area (Å²) in [6.45, 7) is 0. The van der Waals surface area contributed by atoms with Gasteiger partial charge in [-0.15, -0.1) is 0 Å². The van der Waals surface area contributed by atoms with Crippen LogP contribution in [0.1, 0.15) is 0 Å². The Morgan fingerprint density at radius 3 is 1.04 bits per heavy atom. The average molecular weight is 720 g/mol. The Hall–Kier alpha value is -0.500. The van der Waals surface area contributed by atoms with Gasteiger partial charge in [0, 0.05) is 0 Å². The zero-order valence-corrected chi connectivity index (χ0v) is 22.5. The van der Waals surface area contributed by atoms with Gasteiger partial charge in [0.15, 0.2) is 0 Å². The molecule has 0 atom stereocenters. The molecule has 0 N–H and O–H groups in total. The first-order valence-corrected chi connectivity index (χ1v) is 21.7. The molecule has 0 bridgehead atoms. The van der Waals surface area contributed by atoms with Gasteiger partial charge in [-0.3, -0.25) is 0 Å². The molecule has 0 aliphatic heterocycles. The molecule has 0 amide bonds. The second kappa shape index (κ2) is 9.11. The van der Waals surface area contributed by atoms with Gasteiger partial charge in [0.2, 0.25) is 0 Å². The van der Waals surface area contributed by atoms with Crippen LogP contribution in [0, 0.1) is 7.14 Å². The molecule has 144 valence electrons. The fourth-order valence-corrected chi connectivity index (χ4v) is 42.8. The van der Waals surface area contributed by atoms with Gasteiger partial charge in [-0.25, -0.2) is 0 Å². The summed E-state index contributed by atoms with van der Waals surface area (Å²) in [5, 5.41) is 3.13. The average Bonchev–Trinajstić information content (AvgIpc) is 2.76. The zero-order chi connectivity index (χ0) is 19.3. The summed E-state index contributed by atoms with van der Waals surface area (Å²) in [7, 11) is 0. The molecule has 0 aliphatic rings. The topological polar surface area (TPSA) is 0 Å². The van der Waals surface area contributed by atoms with Crippen LogP contribution >= 0.6 is 21.6 Å². The summed E-state index contributed by atoms with van der Waals surface area (Å²) in [5.74, 6) is 0. The van der Waals surface area contributed by atoms with Crippen LogP contribution in [-0.4, -0.2) is 0 Å². The Balaban J connectivity index is 1.99. The third-order valence-electron chi connectivity index (χ3n) is 4.31. The van der Waals surface area contributed by atoms with Gasteiger partial charge in [0.05, 0.1) is 0 Å². The molecule has 0 heterocycles. The Morgan fingerprint density at radius 1 is 0.429 bits per heavy atom. The Labute approximate surface area is 199 Å². The van der Waals surface area contributed by atoms with Crippen molar-refractivity contribution in [3.63, 3.8) is 0 Å². The molecular formula is C24H20I3P-2. The summed E-state index contributed by atoms with van der Waals surface area (Å²) in [5.41, 5.74) is 0. The van der Waals surface area contributed by atoms with E-state index in [0.29, 0.717) is 0 Å². The molecule has 0 nitrogen and oxygen atoms in total. The predicted octanol–water partition coefficient (Wildman–Crippen LogP) is 0.288. The number of halogens is 3. The van der Waals surface area contributed by atoms with E-state index in [4.69, 9.17) is 0 Å². The van der Waals surface area contributed by atoms with Gasteiger partial charge in [0.1, 0.15) is 0 Å². The first-order chi connectivity index (χ1) is 13.7. The van der Waals surface area contributed by atoms with Crippen molar-refractivity contribution in [3.8, 4) is 0 Å². The molecule has 0 fully saturated rings. The van der Waals surface area contributed by atoms with Crippen LogP contribution in [0.4, 0.5) is 0 Å². The van der Waals surface area contributed by atoms with Crippen molar-refractivity contribution in [2.24, 2.45) is 0 Å². The van der Waals surface area contributed by atoms with Crippen molar-refractivity contribution in [1.82, 2.24) is 0 Å². The van der Waals surface area contributed by atoms with Crippen LogP contribution in [0.2, 0.25) is 0 Å². The van der Waals surface area contributed by atoms with E-state index in [-0.39, 0.29) is 41.3 Å². The Bertz CT molecular complexity index is 937. The minimum absolute atomic E-state index is 0.227. The number of hydrogen-bond acceptors (Lipinski definition) is 0. The van der Waals surface area contributed by atoms with Crippen LogP contribution in [0.3, 0.4) is 0 Å². The summed E-state index contributed by atoms with van der Waals surface area (Å²) < 4.78 is 0.726. The van der Waals surface area contributed by atoms with Gasteiger partial charge >= 0.3 is 202 Å². The van der Waals surface area contributed by atoms with E-state index in [1.54, 1.807) is 10.6 Å². The normalized spacial score (nSPS) is 13.1. The molecule has 4 rings (SSSR count). The van der Waals surface area contributed by atoms with E-state index in [1.165, 1.54) is 7.14 Å². The van der Waals surface area contributed by atoms with E-state index in [0.717, 1.165) is 0 Å². The Kier molecular flexibility index (Phi) is 6.75. The molecule has 28 heavy (non-hydrogen) atoms. The van der Waals surface area contributed by atoms with E-state index in [1.807, 2.05) is 0 Å². The van der Waals surface area contributed by atoms with E-state index < -0.39 is -0.469 Å². The van der Waals surface area contributed by atoms with Gasteiger partial charge < -0.3 is 0 Å². The van der Waals surface area contributed by atoms with Crippen LogP contribution in [0.15, 0.2) is 121 Å². The van der Waals surface area contributed by atoms with Crippen molar-refractivity contribution in [3.05, 3.63) is 128 Å². The van der Waals surface area contributed by atoms with E-state index in [9.17, 15) is 0 Å². The van der Waals surface area contributed by atoms with Gasteiger partial charge in [-0.1, -0.05) is 0 Å². The van der Waals surface area contributed by atoms with Crippen LogP contribution in [-0.2, 0) is 0 Å². The molecule has 0 saturated carbocycles. The molecule has 4 aromatic rings. The first kappa shape index (κ1) is 20.8. The van der Waals surface area contributed by atoms with Crippen molar-refractivity contribution in [2.75, 3.05) is 0 Å². The fraction of sp³-hybridized carbons (Fsp3) is 0. The van der Waals surface area contributed by atoms with Crippen LogP contribution in [0.5, 0.6) is 0 Å². The monoisotopic (exact) mass is 720 g/mol. The third kappa shape index (κ3) is 4.32. The number of hydrogen-bond donors (Lipinski definition) is 0. The van der Waals surface area contributed by atoms with Gasteiger partial charge in [-0.2, -0.15) is 0 Å². The second-order valence-electron chi connectivity index (χ2n) is 6.24. The van der Waals surface area contributed by atoms with Crippen molar-refractivity contribution in [2.45, 2.75) is 0 Å². The molecule has 4 heteroatoms. The maximum atomic E-state index is 2.98. The molecule has 0 aliphatic carbocycles. The standard InChI is InChI=1S/C24H20I3P/c25-28(23-17-9-3-10-18-23,24-19-11-4-12-20-24,26-21-13-5-1-6-14-21)27-22-15-7-2-8-16-22/h1-20H/q-2. The van der Waals surface area contributed by atoms with Gasteiger partial charge in [-0.05, 0) is 0 Å². The molecule has 0 aromatic heterocycles. The summed E-state index contributed by atoms with van der Waals surface area (Å²) >= 11 is 2.52. The predicted molar refractivity (Wildman–Crippen MR) is 123 cm³/mol. The quantitative estimate of drug-likeness (QED) is 0.199. The second-order valence-corrected chi connectivity index (χ2v) is 48.6. The Morgan fingerprint density at radius 2 is 0.714 bits per heavy atom. The summed E-state index contributed by atoms with van der Waals surface area (Å²) in [6, 6.07) is 45.2. The molecule has 0 radical (unpaired) electrons. The van der Waals surface area contributed by atoms with Crippen LogP contribution in [0.25, 0.3) is 0 Å². The number of benzene rings is 4. The van der Waals surface area contributed by atoms with Crippen molar-refractivity contribution < 1.29 is 41.3 Å². The number of rotatable bonds is 6. The van der Waals surface area contributed by atoms with Crippen molar-refractivity contribution >= 4 is 32.2 Å². The SMILES string of the molecule is IP([I-]c1ccccc1)([I-]c1ccccc1)(c1ccccc1)c1ccccc1. The van der Waals surface area contributed by atoms with Gasteiger partial charge in [0.25, 0.3) is 0 Å². The van der Waals surface area contributed by atoms with E-state index in [2.05, 4.69) is 143 Å².